The highest BCUT2D eigenvalue weighted by molar-refractivity contribution is 7.08. The van der Waals surface area contributed by atoms with Crippen LogP contribution in [0.2, 0.25) is 10.0 Å². The van der Waals surface area contributed by atoms with Crippen LogP contribution in [0, 0.1) is 0 Å². The number of carbonyl (C=O) groups is 1. The zero-order chi connectivity index (χ0) is 17.5. The largest absolute Gasteiger partial charge is 0.464 e. The van der Waals surface area contributed by atoms with Crippen LogP contribution in [-0.2, 0) is 14.3 Å². The third-order valence-electron chi connectivity index (χ3n) is 3.07. The number of esters is 1. The Morgan fingerprint density at radius 2 is 2.04 bits per heavy atom. The molecule has 0 spiro atoms. The quantitative estimate of drug-likeness (QED) is 0.654. The number of hydrogen-bond acceptors (Lipinski definition) is 6. The number of halogens is 2. The van der Waals surface area contributed by atoms with Crippen molar-refractivity contribution in [3.05, 3.63) is 44.6 Å². The molecule has 0 aliphatic carbocycles. The first-order valence-electron chi connectivity index (χ1n) is 7.24. The number of benzene rings is 1. The molecule has 0 saturated carbocycles. The molecule has 5 nitrogen and oxygen atoms in total. The molecule has 0 fully saturated rings. The van der Waals surface area contributed by atoms with E-state index in [0.717, 1.165) is 0 Å². The molecule has 1 unspecified atom stereocenters. The highest BCUT2D eigenvalue weighted by atomic mass is 35.5. The zero-order valence-corrected chi connectivity index (χ0v) is 15.2. The van der Waals surface area contributed by atoms with Crippen molar-refractivity contribution in [1.29, 1.82) is 0 Å². The Bertz CT molecular complexity index is 672. The normalized spacial score (nSPS) is 12.0. The SMILES string of the molecule is CCOC(=O)C(OCCO)c1cscc1Nc1c(Cl)cccc1Cl. The Morgan fingerprint density at radius 1 is 1.33 bits per heavy atom. The van der Waals surface area contributed by atoms with Crippen molar-refractivity contribution in [2.24, 2.45) is 0 Å². The van der Waals surface area contributed by atoms with Crippen LogP contribution in [0.3, 0.4) is 0 Å². The number of anilines is 2. The summed E-state index contributed by atoms with van der Waals surface area (Å²) in [5.41, 5.74) is 1.79. The first-order valence-corrected chi connectivity index (χ1v) is 8.94. The second-order valence-electron chi connectivity index (χ2n) is 4.69. The Labute approximate surface area is 154 Å². The van der Waals surface area contributed by atoms with E-state index in [-0.39, 0.29) is 19.8 Å². The van der Waals surface area contributed by atoms with Gasteiger partial charge in [-0.05, 0) is 24.4 Å². The van der Waals surface area contributed by atoms with Crippen molar-refractivity contribution < 1.29 is 19.4 Å². The molecule has 2 N–H and O–H groups in total. The number of carbonyl (C=O) groups excluding carboxylic acids is 1. The van der Waals surface area contributed by atoms with Crippen LogP contribution in [0.4, 0.5) is 11.4 Å². The lowest BCUT2D eigenvalue weighted by Crippen LogP contribution is -2.20. The van der Waals surface area contributed by atoms with Crippen LogP contribution in [0.1, 0.15) is 18.6 Å². The fourth-order valence-electron chi connectivity index (χ4n) is 2.04. The molecule has 0 aliphatic heterocycles. The molecule has 1 atom stereocenters. The molecule has 1 aromatic heterocycles. The second kappa shape index (κ2) is 9.25. The molecule has 1 aromatic carbocycles. The summed E-state index contributed by atoms with van der Waals surface area (Å²) in [6, 6.07) is 5.18. The van der Waals surface area contributed by atoms with Gasteiger partial charge in [-0.3, -0.25) is 0 Å². The van der Waals surface area contributed by atoms with E-state index in [4.69, 9.17) is 37.8 Å². The molecule has 0 radical (unpaired) electrons. The highest BCUT2D eigenvalue weighted by Crippen LogP contribution is 2.37. The lowest BCUT2D eigenvalue weighted by molar-refractivity contribution is -0.157. The number of hydrogen-bond donors (Lipinski definition) is 2. The molecule has 130 valence electrons. The average Bonchev–Trinajstić information content (AvgIpc) is 3.00. The number of thiophene rings is 1. The maximum atomic E-state index is 12.2. The molecule has 8 heteroatoms. The molecule has 2 aromatic rings. The smallest absolute Gasteiger partial charge is 0.340 e. The summed E-state index contributed by atoms with van der Waals surface area (Å²) in [5.74, 6) is -0.516. The van der Waals surface area contributed by atoms with Gasteiger partial charge >= 0.3 is 5.97 Å². The summed E-state index contributed by atoms with van der Waals surface area (Å²) in [6.45, 7) is 1.78. The highest BCUT2D eigenvalue weighted by Gasteiger charge is 2.26. The van der Waals surface area contributed by atoms with Gasteiger partial charge in [0.2, 0.25) is 0 Å². The molecule has 0 bridgehead atoms. The molecule has 2 rings (SSSR count). The van der Waals surface area contributed by atoms with Crippen LogP contribution in [0.25, 0.3) is 0 Å². The molecule has 0 amide bonds. The minimum atomic E-state index is -0.938. The van der Waals surface area contributed by atoms with E-state index in [2.05, 4.69) is 5.32 Å². The average molecular weight is 390 g/mol. The summed E-state index contributed by atoms with van der Waals surface area (Å²) in [5, 5.41) is 16.6. The van der Waals surface area contributed by atoms with Crippen molar-refractivity contribution in [3.63, 3.8) is 0 Å². The Morgan fingerprint density at radius 3 is 2.67 bits per heavy atom. The van der Waals surface area contributed by atoms with Crippen molar-refractivity contribution in [3.8, 4) is 0 Å². The summed E-state index contributed by atoms with van der Waals surface area (Å²) in [7, 11) is 0. The van der Waals surface area contributed by atoms with Gasteiger partial charge in [0, 0.05) is 10.9 Å². The molecular weight excluding hydrogens is 373 g/mol. The van der Waals surface area contributed by atoms with Gasteiger partial charge < -0.3 is 19.9 Å². The minimum absolute atomic E-state index is 0.0195. The Kier molecular flexibility index (Phi) is 7.33. The van der Waals surface area contributed by atoms with E-state index in [1.807, 2.05) is 5.38 Å². The van der Waals surface area contributed by atoms with E-state index in [1.54, 1.807) is 30.5 Å². The van der Waals surface area contributed by atoms with Crippen molar-refractivity contribution >= 4 is 51.9 Å². The summed E-state index contributed by atoms with van der Waals surface area (Å²) in [6.07, 6.45) is -0.938. The Hall–Kier alpha value is -1.31. The van der Waals surface area contributed by atoms with E-state index in [0.29, 0.717) is 27.0 Å². The molecule has 1 heterocycles. The van der Waals surface area contributed by atoms with Gasteiger partial charge in [-0.25, -0.2) is 4.79 Å². The van der Waals surface area contributed by atoms with Crippen LogP contribution in [0.5, 0.6) is 0 Å². The van der Waals surface area contributed by atoms with E-state index >= 15 is 0 Å². The number of aliphatic hydroxyl groups is 1. The van der Waals surface area contributed by atoms with Gasteiger partial charge in [-0.1, -0.05) is 29.3 Å². The van der Waals surface area contributed by atoms with Crippen molar-refractivity contribution in [2.75, 3.05) is 25.1 Å². The third-order valence-corrected chi connectivity index (χ3v) is 4.47. The van der Waals surface area contributed by atoms with Crippen LogP contribution < -0.4 is 5.32 Å². The molecule has 0 aliphatic rings. The first-order chi connectivity index (χ1) is 11.6. The Balaban J connectivity index is 2.30. The maximum absolute atomic E-state index is 12.2. The van der Waals surface area contributed by atoms with Gasteiger partial charge in [-0.2, -0.15) is 0 Å². The van der Waals surface area contributed by atoms with Gasteiger partial charge in [0.25, 0.3) is 0 Å². The standard InChI is InChI=1S/C16H17Cl2NO4S/c1-2-22-16(21)15(23-7-6-20)10-8-24-9-13(10)19-14-11(17)4-3-5-12(14)18/h3-5,8-9,15,19-20H,2,6-7H2,1H3. The fourth-order valence-corrected chi connectivity index (χ4v) is 3.32. The maximum Gasteiger partial charge on any atom is 0.340 e. The first kappa shape index (κ1) is 19.0. The van der Waals surface area contributed by atoms with Crippen molar-refractivity contribution in [2.45, 2.75) is 13.0 Å². The van der Waals surface area contributed by atoms with Gasteiger partial charge in [0.15, 0.2) is 6.10 Å². The van der Waals surface area contributed by atoms with Crippen LogP contribution in [0.15, 0.2) is 29.0 Å². The molecule has 24 heavy (non-hydrogen) atoms. The second-order valence-corrected chi connectivity index (χ2v) is 6.25. The van der Waals surface area contributed by atoms with Crippen molar-refractivity contribution in [1.82, 2.24) is 0 Å². The van der Waals surface area contributed by atoms with Gasteiger partial charge in [-0.15, -0.1) is 11.3 Å². The third kappa shape index (κ3) is 4.62. The number of ether oxygens (including phenoxy) is 2. The molecule has 0 saturated heterocycles. The topological polar surface area (TPSA) is 67.8 Å². The summed E-state index contributed by atoms with van der Waals surface area (Å²) < 4.78 is 10.5. The van der Waals surface area contributed by atoms with Crippen LogP contribution >= 0.6 is 34.5 Å². The summed E-state index contributed by atoms with van der Waals surface area (Å²) >= 11 is 13.7. The van der Waals surface area contributed by atoms with E-state index in [9.17, 15) is 4.79 Å². The van der Waals surface area contributed by atoms with Gasteiger partial charge in [0.05, 0.1) is 41.2 Å². The zero-order valence-electron chi connectivity index (χ0n) is 12.9. The van der Waals surface area contributed by atoms with Gasteiger partial charge in [0.1, 0.15) is 0 Å². The number of rotatable bonds is 8. The van der Waals surface area contributed by atoms with E-state index in [1.165, 1.54) is 11.3 Å². The number of nitrogens with one attached hydrogen (secondary N) is 1. The number of para-hydroxylation sites is 1. The predicted molar refractivity (Wildman–Crippen MR) is 96.5 cm³/mol. The fraction of sp³-hybridized carbons (Fsp3) is 0.312. The van der Waals surface area contributed by atoms with E-state index < -0.39 is 12.1 Å². The predicted octanol–water partition coefficient (Wildman–Crippen LogP) is 4.41. The monoisotopic (exact) mass is 389 g/mol. The molecular formula is C16H17Cl2NO4S. The summed E-state index contributed by atoms with van der Waals surface area (Å²) in [4.78, 5) is 12.2. The number of aliphatic hydroxyl groups excluding tert-OH is 1. The minimum Gasteiger partial charge on any atom is -0.464 e. The lowest BCUT2D eigenvalue weighted by Gasteiger charge is -2.18. The van der Waals surface area contributed by atoms with Crippen LogP contribution in [-0.4, -0.2) is 30.9 Å². The lowest BCUT2D eigenvalue weighted by atomic mass is 10.1.